The number of carbonyl (C=O) groups is 2. The Kier molecular flexibility index (Phi) is 6.39. The number of rotatable bonds is 6. The van der Waals surface area contributed by atoms with Gasteiger partial charge in [-0.15, -0.1) is 0 Å². The van der Waals surface area contributed by atoms with Gasteiger partial charge in [-0.3, -0.25) is 9.36 Å². The van der Waals surface area contributed by atoms with Gasteiger partial charge < -0.3 is 15.8 Å². The van der Waals surface area contributed by atoms with Gasteiger partial charge in [0.15, 0.2) is 0 Å². The first kappa shape index (κ1) is 18.0. The van der Waals surface area contributed by atoms with E-state index >= 15 is 0 Å². The van der Waals surface area contributed by atoms with E-state index in [-0.39, 0.29) is 11.9 Å². The normalized spacial score (nSPS) is 11.3. The number of nitrogens with two attached hydrogens (primary N) is 1. The average Bonchev–Trinajstić information content (AvgIpc) is 2.75. The van der Waals surface area contributed by atoms with Crippen LogP contribution in [0.2, 0.25) is 0 Å². The standard InChI is InChI=1S/C15H26N4O3/c1-5-6-7-12(20)19-10-11(18-13(19)16)8-9-17-14(21)22-15(2,3)4/h10H,5-9H2,1-4H3,(H2,16,18)(H,17,21). The van der Waals surface area contributed by atoms with E-state index in [1.807, 2.05) is 6.92 Å². The summed E-state index contributed by atoms with van der Waals surface area (Å²) in [6.07, 6.45) is 3.87. The van der Waals surface area contributed by atoms with E-state index in [1.165, 1.54) is 4.57 Å². The molecule has 0 aromatic carbocycles. The molecule has 3 N–H and O–H groups in total. The summed E-state index contributed by atoms with van der Waals surface area (Å²) < 4.78 is 6.51. The van der Waals surface area contributed by atoms with Crippen LogP contribution in [0.4, 0.5) is 10.7 Å². The molecule has 1 aromatic rings. The average molecular weight is 310 g/mol. The molecule has 0 spiro atoms. The number of alkyl carbamates (subject to hydrolysis) is 1. The number of aromatic nitrogens is 2. The molecular weight excluding hydrogens is 284 g/mol. The second-order valence-corrected chi connectivity index (χ2v) is 6.14. The summed E-state index contributed by atoms with van der Waals surface area (Å²) >= 11 is 0. The predicted octanol–water partition coefficient (Wildman–Crippen LogP) is 2.36. The maximum Gasteiger partial charge on any atom is 0.407 e. The highest BCUT2D eigenvalue weighted by Gasteiger charge is 2.16. The van der Waals surface area contributed by atoms with E-state index in [2.05, 4.69) is 10.3 Å². The third-order valence-corrected chi connectivity index (χ3v) is 2.85. The van der Waals surface area contributed by atoms with Crippen LogP contribution in [-0.4, -0.2) is 33.7 Å². The highest BCUT2D eigenvalue weighted by molar-refractivity contribution is 5.81. The molecule has 22 heavy (non-hydrogen) atoms. The smallest absolute Gasteiger partial charge is 0.407 e. The lowest BCUT2D eigenvalue weighted by atomic mass is 10.2. The summed E-state index contributed by atoms with van der Waals surface area (Å²) in [5, 5.41) is 2.64. The Morgan fingerprint density at radius 3 is 2.68 bits per heavy atom. The number of nitrogens with one attached hydrogen (secondary N) is 1. The van der Waals surface area contributed by atoms with Gasteiger partial charge in [0.2, 0.25) is 11.9 Å². The van der Waals surface area contributed by atoms with Crippen molar-refractivity contribution in [2.45, 2.75) is 59.0 Å². The first-order chi connectivity index (χ1) is 10.2. The second-order valence-electron chi connectivity index (χ2n) is 6.14. The fraction of sp³-hybridized carbons (Fsp3) is 0.667. The van der Waals surface area contributed by atoms with Crippen LogP contribution in [0.3, 0.4) is 0 Å². The summed E-state index contributed by atoms with van der Waals surface area (Å²) in [4.78, 5) is 27.6. The zero-order valence-electron chi connectivity index (χ0n) is 13.8. The fourth-order valence-corrected chi connectivity index (χ4v) is 1.82. The van der Waals surface area contributed by atoms with Crippen LogP contribution in [0.25, 0.3) is 0 Å². The van der Waals surface area contributed by atoms with Gasteiger partial charge in [0.05, 0.1) is 5.69 Å². The maximum atomic E-state index is 11.9. The number of nitrogens with zero attached hydrogens (tertiary/aromatic N) is 2. The minimum absolute atomic E-state index is 0.0572. The summed E-state index contributed by atoms with van der Waals surface area (Å²) in [7, 11) is 0. The van der Waals surface area contributed by atoms with Gasteiger partial charge >= 0.3 is 6.09 Å². The number of ether oxygens (including phenoxy) is 1. The van der Waals surface area contributed by atoms with E-state index in [4.69, 9.17) is 10.5 Å². The van der Waals surface area contributed by atoms with Crippen LogP contribution in [0.15, 0.2) is 6.20 Å². The molecular formula is C15H26N4O3. The molecule has 1 amide bonds. The molecule has 1 heterocycles. The lowest BCUT2D eigenvalue weighted by Crippen LogP contribution is -2.33. The molecule has 0 bridgehead atoms. The van der Waals surface area contributed by atoms with Crippen molar-refractivity contribution < 1.29 is 14.3 Å². The molecule has 0 saturated heterocycles. The molecule has 7 heteroatoms. The largest absolute Gasteiger partial charge is 0.444 e. The Hall–Kier alpha value is -2.05. The van der Waals surface area contributed by atoms with Gasteiger partial charge in [-0.2, -0.15) is 0 Å². The SMILES string of the molecule is CCCCC(=O)n1cc(CCNC(=O)OC(C)(C)C)nc1N. The number of anilines is 1. The third kappa shape index (κ3) is 6.15. The van der Waals surface area contributed by atoms with Gasteiger partial charge in [-0.05, 0) is 27.2 Å². The second kappa shape index (κ2) is 7.82. The third-order valence-electron chi connectivity index (χ3n) is 2.85. The van der Waals surface area contributed by atoms with Gasteiger partial charge in [0.1, 0.15) is 5.60 Å². The number of hydrogen-bond acceptors (Lipinski definition) is 5. The zero-order chi connectivity index (χ0) is 16.8. The molecule has 0 aliphatic heterocycles. The van der Waals surface area contributed by atoms with Crippen molar-refractivity contribution in [2.75, 3.05) is 12.3 Å². The summed E-state index contributed by atoms with van der Waals surface area (Å²) in [5.74, 6) is 0.131. The van der Waals surface area contributed by atoms with Crippen LogP contribution >= 0.6 is 0 Å². The highest BCUT2D eigenvalue weighted by atomic mass is 16.6. The number of imidazole rings is 1. The first-order valence-electron chi connectivity index (χ1n) is 7.56. The Balaban J connectivity index is 2.47. The monoisotopic (exact) mass is 310 g/mol. The van der Waals surface area contributed by atoms with Crippen molar-refractivity contribution in [1.29, 1.82) is 0 Å². The molecule has 0 unspecified atom stereocenters. The molecule has 0 fully saturated rings. The van der Waals surface area contributed by atoms with Gasteiger partial charge in [-0.25, -0.2) is 9.78 Å². The van der Waals surface area contributed by atoms with Crippen LogP contribution in [-0.2, 0) is 11.2 Å². The summed E-state index contributed by atoms with van der Waals surface area (Å²) in [6, 6.07) is 0. The van der Waals surface area contributed by atoms with E-state index in [0.717, 1.165) is 12.8 Å². The van der Waals surface area contributed by atoms with Crippen molar-refractivity contribution in [3.63, 3.8) is 0 Å². The summed E-state index contributed by atoms with van der Waals surface area (Å²) in [5.41, 5.74) is 5.89. The molecule has 124 valence electrons. The van der Waals surface area contributed by atoms with E-state index in [1.54, 1.807) is 27.0 Å². The molecule has 0 aliphatic rings. The quantitative estimate of drug-likeness (QED) is 0.840. The molecule has 1 rings (SSSR count). The lowest BCUT2D eigenvalue weighted by Gasteiger charge is -2.19. The molecule has 0 saturated carbocycles. The van der Waals surface area contributed by atoms with Crippen LogP contribution < -0.4 is 11.1 Å². The number of carbonyl (C=O) groups excluding carboxylic acids is 2. The van der Waals surface area contributed by atoms with E-state index < -0.39 is 11.7 Å². The van der Waals surface area contributed by atoms with Crippen molar-refractivity contribution in [3.05, 3.63) is 11.9 Å². The van der Waals surface area contributed by atoms with E-state index in [9.17, 15) is 9.59 Å². The molecule has 0 radical (unpaired) electrons. The van der Waals surface area contributed by atoms with Crippen LogP contribution in [0.5, 0.6) is 0 Å². The minimum Gasteiger partial charge on any atom is -0.444 e. The van der Waals surface area contributed by atoms with Crippen molar-refractivity contribution >= 4 is 17.9 Å². The Morgan fingerprint density at radius 1 is 1.41 bits per heavy atom. The highest BCUT2D eigenvalue weighted by Crippen LogP contribution is 2.09. The molecule has 1 aromatic heterocycles. The molecule has 0 aliphatic carbocycles. The van der Waals surface area contributed by atoms with Crippen LogP contribution in [0, 0.1) is 0 Å². The Bertz CT molecular complexity index is 517. The number of nitrogen functional groups attached to an aromatic ring is 1. The fourth-order valence-electron chi connectivity index (χ4n) is 1.82. The predicted molar refractivity (Wildman–Crippen MR) is 84.7 cm³/mol. The van der Waals surface area contributed by atoms with Gasteiger partial charge in [0.25, 0.3) is 0 Å². The van der Waals surface area contributed by atoms with Crippen LogP contribution in [0.1, 0.15) is 57.4 Å². The number of amides is 1. The summed E-state index contributed by atoms with van der Waals surface area (Å²) in [6.45, 7) is 7.80. The van der Waals surface area contributed by atoms with Crippen molar-refractivity contribution in [3.8, 4) is 0 Å². The number of unbranched alkanes of at least 4 members (excludes halogenated alkanes) is 1. The van der Waals surface area contributed by atoms with E-state index in [0.29, 0.717) is 25.1 Å². The van der Waals surface area contributed by atoms with Crippen molar-refractivity contribution in [2.24, 2.45) is 0 Å². The Labute approximate surface area is 131 Å². The minimum atomic E-state index is -0.526. The van der Waals surface area contributed by atoms with Crippen molar-refractivity contribution in [1.82, 2.24) is 14.9 Å². The van der Waals surface area contributed by atoms with Gasteiger partial charge in [0, 0.05) is 25.6 Å². The zero-order valence-corrected chi connectivity index (χ0v) is 13.8. The number of hydrogen-bond donors (Lipinski definition) is 2. The first-order valence-corrected chi connectivity index (χ1v) is 7.56. The molecule has 7 nitrogen and oxygen atoms in total. The lowest BCUT2D eigenvalue weighted by molar-refractivity contribution is 0.0528. The Morgan fingerprint density at radius 2 is 2.09 bits per heavy atom. The van der Waals surface area contributed by atoms with Gasteiger partial charge in [-0.1, -0.05) is 13.3 Å². The molecule has 0 atom stereocenters. The maximum absolute atomic E-state index is 11.9. The topological polar surface area (TPSA) is 99.2 Å².